The maximum Gasteiger partial charge on any atom is 0.427 e. The standard InChI is InChI=1S/C26H33F3N4O8S/c1-5-32-14-21(22(31-32)39-6-2)42(37,38)33-13-17(12-18(23(34)35)15-7-8-15)40-20-10-9-16(11-19(20)33)30-24(36)41-25(3,4)26(27,28)29/h9-11,14-15,17-18H,5-8,12-13H2,1-4H3,(H,30,36)(H,34,35)/t17-,18?/m0/s1. The van der Waals surface area contributed by atoms with Crippen molar-refractivity contribution >= 4 is 33.5 Å². The van der Waals surface area contributed by atoms with Crippen LogP contribution in [0.1, 0.15) is 47.0 Å². The van der Waals surface area contributed by atoms with Crippen LogP contribution in [0.25, 0.3) is 0 Å². The van der Waals surface area contributed by atoms with Gasteiger partial charge >= 0.3 is 18.2 Å². The predicted molar refractivity (Wildman–Crippen MR) is 143 cm³/mol. The normalized spacial score (nSPS) is 18.1. The number of aryl methyl sites for hydroxylation is 1. The largest absolute Gasteiger partial charge is 0.486 e. The Bertz CT molecular complexity index is 1440. The Morgan fingerprint density at radius 3 is 2.50 bits per heavy atom. The summed E-state index contributed by atoms with van der Waals surface area (Å²) in [5.74, 6) is -1.80. The van der Waals surface area contributed by atoms with Gasteiger partial charge < -0.3 is 19.3 Å². The molecule has 1 aromatic carbocycles. The highest BCUT2D eigenvalue weighted by molar-refractivity contribution is 7.93. The molecule has 2 N–H and O–H groups in total. The van der Waals surface area contributed by atoms with Crippen LogP contribution in [0.4, 0.5) is 29.3 Å². The molecule has 1 unspecified atom stereocenters. The van der Waals surface area contributed by atoms with Crippen LogP contribution in [-0.2, 0) is 26.1 Å². The topological polar surface area (TPSA) is 149 Å². The molecule has 232 valence electrons. The number of ether oxygens (including phenoxy) is 3. The van der Waals surface area contributed by atoms with E-state index < -0.39 is 45.9 Å². The lowest BCUT2D eigenvalue weighted by atomic mass is 9.95. The summed E-state index contributed by atoms with van der Waals surface area (Å²) >= 11 is 0. The van der Waals surface area contributed by atoms with Gasteiger partial charge in [0.05, 0.1) is 24.8 Å². The number of carboxylic acid groups (broad SMARTS) is 1. The minimum absolute atomic E-state index is 0.0240. The molecular formula is C26H33F3N4O8S. The molecule has 42 heavy (non-hydrogen) atoms. The summed E-state index contributed by atoms with van der Waals surface area (Å²) in [7, 11) is -4.40. The Kier molecular flexibility index (Phi) is 8.58. The maximum absolute atomic E-state index is 14.1. The second-order valence-electron chi connectivity index (χ2n) is 10.6. The summed E-state index contributed by atoms with van der Waals surface area (Å²) in [6.45, 7) is 5.04. The van der Waals surface area contributed by atoms with Gasteiger partial charge in [-0.15, -0.1) is 5.10 Å². The SMILES string of the molecule is CCOc1nn(CC)cc1S(=O)(=O)N1C[C@H](CC(C(=O)O)C2CC2)Oc2ccc(NC(=O)OC(C)(C)C(F)(F)F)cc21. The van der Waals surface area contributed by atoms with Gasteiger partial charge in [-0.2, -0.15) is 13.2 Å². The zero-order valence-electron chi connectivity index (χ0n) is 23.5. The summed E-state index contributed by atoms with van der Waals surface area (Å²) in [6.07, 6.45) is -4.19. The number of aromatic nitrogens is 2. The van der Waals surface area contributed by atoms with E-state index in [-0.39, 0.29) is 53.4 Å². The summed E-state index contributed by atoms with van der Waals surface area (Å²) in [5.41, 5.74) is -2.87. The van der Waals surface area contributed by atoms with Crippen molar-refractivity contribution in [3.63, 3.8) is 0 Å². The smallest absolute Gasteiger partial charge is 0.427 e. The number of nitrogens with zero attached hydrogens (tertiary/aromatic N) is 3. The zero-order chi connectivity index (χ0) is 31.0. The van der Waals surface area contributed by atoms with Crippen LogP contribution >= 0.6 is 0 Å². The van der Waals surface area contributed by atoms with Crippen molar-refractivity contribution in [2.24, 2.45) is 11.8 Å². The van der Waals surface area contributed by atoms with E-state index in [1.54, 1.807) is 13.8 Å². The van der Waals surface area contributed by atoms with Crippen LogP contribution in [0, 0.1) is 11.8 Å². The number of nitrogens with one attached hydrogen (secondary N) is 1. The van der Waals surface area contributed by atoms with Crippen molar-refractivity contribution in [1.82, 2.24) is 9.78 Å². The van der Waals surface area contributed by atoms with E-state index in [1.165, 1.54) is 29.1 Å². The van der Waals surface area contributed by atoms with E-state index in [2.05, 4.69) is 15.2 Å². The minimum Gasteiger partial charge on any atom is -0.486 e. The number of alkyl halides is 3. The van der Waals surface area contributed by atoms with Crippen molar-refractivity contribution in [3.05, 3.63) is 24.4 Å². The van der Waals surface area contributed by atoms with E-state index in [4.69, 9.17) is 9.47 Å². The number of hydrogen-bond donors (Lipinski definition) is 2. The molecule has 1 aliphatic carbocycles. The summed E-state index contributed by atoms with van der Waals surface area (Å²) in [4.78, 5) is 24.0. The minimum atomic E-state index is -4.83. The van der Waals surface area contributed by atoms with E-state index in [0.717, 1.165) is 17.1 Å². The summed E-state index contributed by atoms with van der Waals surface area (Å²) < 4.78 is 86.3. The molecular weight excluding hydrogens is 585 g/mol. The second kappa shape index (κ2) is 11.5. The van der Waals surface area contributed by atoms with Gasteiger partial charge in [-0.1, -0.05) is 0 Å². The van der Waals surface area contributed by atoms with Crippen molar-refractivity contribution in [1.29, 1.82) is 0 Å². The molecule has 4 rings (SSSR count). The average Bonchev–Trinajstić information content (AvgIpc) is 3.64. The Morgan fingerprint density at radius 1 is 1.24 bits per heavy atom. The maximum atomic E-state index is 14.1. The fourth-order valence-corrected chi connectivity index (χ4v) is 6.11. The van der Waals surface area contributed by atoms with Crippen LogP contribution in [0.3, 0.4) is 0 Å². The number of hydrogen-bond acceptors (Lipinski definition) is 8. The van der Waals surface area contributed by atoms with E-state index >= 15 is 0 Å². The third-order valence-corrected chi connectivity index (χ3v) is 8.82. The van der Waals surface area contributed by atoms with Crippen LogP contribution in [0.5, 0.6) is 11.6 Å². The Labute approximate surface area is 240 Å². The lowest BCUT2D eigenvalue weighted by Crippen LogP contribution is -2.45. The molecule has 2 aromatic rings. The predicted octanol–water partition coefficient (Wildman–Crippen LogP) is 4.65. The van der Waals surface area contributed by atoms with Gasteiger partial charge in [0, 0.05) is 18.4 Å². The van der Waals surface area contributed by atoms with Crippen LogP contribution in [-0.4, -0.2) is 66.4 Å². The third kappa shape index (κ3) is 6.52. The fraction of sp³-hybridized carbons (Fsp3) is 0.577. The number of anilines is 2. The number of aliphatic carboxylic acids is 1. The van der Waals surface area contributed by atoms with Gasteiger partial charge in [-0.05, 0) is 71.1 Å². The van der Waals surface area contributed by atoms with Gasteiger partial charge in [-0.3, -0.25) is 19.1 Å². The molecule has 0 bridgehead atoms. The van der Waals surface area contributed by atoms with E-state index in [1.807, 2.05) is 0 Å². The number of carboxylic acids is 1. The molecule has 1 fully saturated rings. The summed E-state index contributed by atoms with van der Waals surface area (Å²) in [5, 5.41) is 16.1. The number of carbonyl (C=O) groups is 2. The highest BCUT2D eigenvalue weighted by Crippen LogP contribution is 2.44. The Hall–Kier alpha value is -3.69. The number of benzene rings is 1. The van der Waals surface area contributed by atoms with Gasteiger partial charge in [0.25, 0.3) is 15.9 Å². The number of rotatable bonds is 11. The monoisotopic (exact) mass is 618 g/mol. The first-order valence-corrected chi connectivity index (χ1v) is 14.8. The molecule has 2 heterocycles. The van der Waals surface area contributed by atoms with Gasteiger partial charge in [-0.25, -0.2) is 13.2 Å². The van der Waals surface area contributed by atoms with Crippen molar-refractivity contribution in [2.75, 3.05) is 22.8 Å². The van der Waals surface area contributed by atoms with Crippen molar-refractivity contribution < 1.29 is 50.5 Å². The molecule has 0 radical (unpaired) electrons. The Morgan fingerprint density at radius 2 is 1.93 bits per heavy atom. The molecule has 0 spiro atoms. The Balaban J connectivity index is 1.71. The molecule has 2 atom stereocenters. The quantitative estimate of drug-likeness (QED) is 0.367. The number of carbonyl (C=O) groups excluding carboxylic acids is 1. The first-order chi connectivity index (χ1) is 19.6. The molecule has 16 heteroatoms. The van der Waals surface area contributed by atoms with Gasteiger partial charge in [0.2, 0.25) is 5.60 Å². The van der Waals surface area contributed by atoms with Crippen LogP contribution in [0.2, 0.25) is 0 Å². The third-order valence-electron chi connectivity index (χ3n) is 7.06. The highest BCUT2D eigenvalue weighted by Gasteiger charge is 2.51. The first kappa shape index (κ1) is 31.3. The molecule has 1 saturated carbocycles. The molecule has 12 nitrogen and oxygen atoms in total. The molecule has 1 aromatic heterocycles. The number of amides is 1. The van der Waals surface area contributed by atoms with Crippen molar-refractivity contribution in [2.45, 2.75) is 76.3 Å². The second-order valence-corrected chi connectivity index (χ2v) is 12.4. The lowest BCUT2D eigenvalue weighted by Gasteiger charge is -2.36. The summed E-state index contributed by atoms with van der Waals surface area (Å²) in [6, 6.07) is 3.88. The zero-order valence-corrected chi connectivity index (χ0v) is 24.3. The number of sulfonamides is 1. The first-order valence-electron chi connectivity index (χ1n) is 13.4. The highest BCUT2D eigenvalue weighted by atomic mass is 32.2. The average molecular weight is 619 g/mol. The van der Waals surface area contributed by atoms with Gasteiger partial charge in [0.15, 0.2) is 4.90 Å². The number of halogens is 3. The molecule has 2 aliphatic rings. The van der Waals surface area contributed by atoms with Gasteiger partial charge in [0.1, 0.15) is 11.9 Å². The van der Waals surface area contributed by atoms with Crippen LogP contribution in [0.15, 0.2) is 29.3 Å². The fourth-order valence-electron chi connectivity index (χ4n) is 4.53. The molecule has 1 amide bonds. The van der Waals surface area contributed by atoms with Crippen molar-refractivity contribution in [3.8, 4) is 11.6 Å². The number of fused-ring (bicyclic) bond motifs is 1. The van der Waals surface area contributed by atoms with E-state index in [0.29, 0.717) is 20.4 Å². The van der Waals surface area contributed by atoms with E-state index in [9.17, 15) is 36.3 Å². The lowest BCUT2D eigenvalue weighted by molar-refractivity contribution is -0.242. The van der Waals surface area contributed by atoms with Crippen LogP contribution < -0.4 is 19.1 Å². The molecule has 0 saturated heterocycles. The molecule has 1 aliphatic heterocycles.